The van der Waals surface area contributed by atoms with Crippen LogP contribution in [0.5, 0.6) is 0 Å². The molecule has 0 bridgehead atoms. The molecular formula is C19H28N4S. The van der Waals surface area contributed by atoms with Gasteiger partial charge in [0, 0.05) is 36.1 Å². The van der Waals surface area contributed by atoms with Gasteiger partial charge in [0.1, 0.15) is 5.01 Å². The highest BCUT2D eigenvalue weighted by atomic mass is 32.1. The normalized spacial score (nSPS) is 21.9. The Hall–Kier alpha value is -1.30. The van der Waals surface area contributed by atoms with E-state index in [2.05, 4.69) is 53.8 Å². The van der Waals surface area contributed by atoms with Crippen LogP contribution in [0.15, 0.2) is 30.7 Å². The van der Waals surface area contributed by atoms with Gasteiger partial charge in [0.25, 0.3) is 0 Å². The van der Waals surface area contributed by atoms with Crippen molar-refractivity contribution >= 4 is 11.3 Å². The molecule has 1 aliphatic rings. The SMILES string of the molecule is CC(C)c1cnc(CN(C)C[C@@H]2CCN(C)[C@H]2c2cccnc2)s1. The van der Waals surface area contributed by atoms with Gasteiger partial charge in [0.15, 0.2) is 0 Å². The molecule has 5 heteroatoms. The average Bonchev–Trinajstić information content (AvgIpc) is 3.15. The largest absolute Gasteiger partial charge is 0.299 e. The first-order valence-corrected chi connectivity index (χ1v) is 9.59. The summed E-state index contributed by atoms with van der Waals surface area (Å²) in [4.78, 5) is 15.2. The van der Waals surface area contributed by atoms with E-state index < -0.39 is 0 Å². The minimum absolute atomic E-state index is 0.476. The molecule has 1 saturated heterocycles. The van der Waals surface area contributed by atoms with Crippen LogP contribution in [0.1, 0.15) is 47.7 Å². The molecule has 3 rings (SSSR count). The van der Waals surface area contributed by atoms with E-state index in [4.69, 9.17) is 0 Å². The van der Waals surface area contributed by atoms with Crippen molar-refractivity contribution in [3.63, 3.8) is 0 Å². The maximum atomic E-state index is 4.60. The van der Waals surface area contributed by atoms with Crippen molar-refractivity contribution < 1.29 is 0 Å². The van der Waals surface area contributed by atoms with Crippen LogP contribution in [0, 0.1) is 5.92 Å². The Kier molecular flexibility index (Phi) is 5.64. The third-order valence-electron chi connectivity index (χ3n) is 4.89. The fourth-order valence-corrected chi connectivity index (χ4v) is 4.66. The Morgan fingerprint density at radius 1 is 1.38 bits per heavy atom. The summed E-state index contributed by atoms with van der Waals surface area (Å²) >= 11 is 1.85. The lowest BCUT2D eigenvalue weighted by atomic mass is 9.94. The number of hydrogen-bond acceptors (Lipinski definition) is 5. The number of rotatable bonds is 6. The molecule has 0 aliphatic carbocycles. The van der Waals surface area contributed by atoms with Crippen molar-refractivity contribution in [2.45, 2.75) is 38.8 Å². The molecule has 1 fully saturated rings. The minimum atomic E-state index is 0.476. The smallest absolute Gasteiger partial charge is 0.107 e. The molecule has 4 nitrogen and oxygen atoms in total. The Morgan fingerprint density at radius 3 is 2.88 bits per heavy atom. The Bertz CT molecular complexity index is 640. The summed E-state index contributed by atoms with van der Waals surface area (Å²) in [5.74, 6) is 1.22. The monoisotopic (exact) mass is 344 g/mol. The molecule has 0 amide bonds. The lowest BCUT2D eigenvalue weighted by Crippen LogP contribution is -2.29. The van der Waals surface area contributed by atoms with Crippen molar-refractivity contribution in [1.82, 2.24) is 19.8 Å². The second-order valence-electron chi connectivity index (χ2n) is 7.27. The van der Waals surface area contributed by atoms with Gasteiger partial charge in [0.2, 0.25) is 0 Å². The van der Waals surface area contributed by atoms with E-state index in [1.54, 1.807) is 0 Å². The van der Waals surface area contributed by atoms with Crippen molar-refractivity contribution in [1.29, 1.82) is 0 Å². The highest BCUT2D eigenvalue weighted by Gasteiger charge is 2.33. The van der Waals surface area contributed by atoms with E-state index in [1.807, 2.05) is 36.0 Å². The number of pyridine rings is 1. The molecule has 0 N–H and O–H groups in total. The van der Waals surface area contributed by atoms with Crippen LogP contribution < -0.4 is 0 Å². The maximum Gasteiger partial charge on any atom is 0.107 e. The van der Waals surface area contributed by atoms with E-state index in [9.17, 15) is 0 Å². The summed E-state index contributed by atoms with van der Waals surface area (Å²) < 4.78 is 0. The molecule has 2 atom stereocenters. The van der Waals surface area contributed by atoms with Crippen LogP contribution in [0.3, 0.4) is 0 Å². The van der Waals surface area contributed by atoms with Gasteiger partial charge in [-0.2, -0.15) is 0 Å². The van der Waals surface area contributed by atoms with Gasteiger partial charge < -0.3 is 0 Å². The molecule has 2 aromatic heterocycles. The first-order valence-electron chi connectivity index (χ1n) is 8.78. The maximum absolute atomic E-state index is 4.60. The summed E-state index contributed by atoms with van der Waals surface area (Å²) in [5.41, 5.74) is 1.34. The van der Waals surface area contributed by atoms with Crippen LogP contribution in [-0.2, 0) is 6.54 Å². The van der Waals surface area contributed by atoms with Gasteiger partial charge in [-0.15, -0.1) is 11.3 Å². The van der Waals surface area contributed by atoms with Gasteiger partial charge in [-0.05, 0) is 50.5 Å². The summed E-state index contributed by atoms with van der Waals surface area (Å²) in [6.45, 7) is 7.66. The topological polar surface area (TPSA) is 32.3 Å². The number of hydrogen-bond donors (Lipinski definition) is 0. The molecule has 3 heterocycles. The molecule has 0 unspecified atom stereocenters. The van der Waals surface area contributed by atoms with Gasteiger partial charge in [0.05, 0.1) is 6.54 Å². The molecule has 2 aromatic rings. The van der Waals surface area contributed by atoms with Crippen molar-refractivity contribution in [3.05, 3.63) is 46.2 Å². The lowest BCUT2D eigenvalue weighted by molar-refractivity contribution is 0.213. The van der Waals surface area contributed by atoms with Crippen molar-refractivity contribution in [2.75, 3.05) is 27.2 Å². The van der Waals surface area contributed by atoms with E-state index in [1.165, 1.54) is 21.9 Å². The third-order valence-corrected chi connectivity index (χ3v) is 6.17. The predicted molar refractivity (Wildman–Crippen MR) is 100 cm³/mol. The molecule has 0 radical (unpaired) electrons. The fourth-order valence-electron chi connectivity index (χ4n) is 3.66. The van der Waals surface area contributed by atoms with Gasteiger partial charge in [-0.25, -0.2) is 4.98 Å². The predicted octanol–water partition coefficient (Wildman–Crippen LogP) is 3.79. The molecule has 1 aliphatic heterocycles. The quantitative estimate of drug-likeness (QED) is 0.798. The number of aromatic nitrogens is 2. The number of thiazole rings is 1. The van der Waals surface area contributed by atoms with Crippen LogP contribution in [0.25, 0.3) is 0 Å². The highest BCUT2D eigenvalue weighted by Crippen LogP contribution is 2.36. The number of nitrogens with zero attached hydrogens (tertiary/aromatic N) is 4. The first-order chi connectivity index (χ1) is 11.5. The Balaban J connectivity index is 1.63. The van der Waals surface area contributed by atoms with E-state index in [0.29, 0.717) is 17.9 Å². The zero-order chi connectivity index (χ0) is 17.1. The van der Waals surface area contributed by atoms with Gasteiger partial charge in [-0.3, -0.25) is 14.8 Å². The summed E-state index contributed by atoms with van der Waals surface area (Å²) in [6.07, 6.45) is 7.17. The first kappa shape index (κ1) is 17.5. The Morgan fingerprint density at radius 2 is 2.21 bits per heavy atom. The molecule has 0 saturated carbocycles. The minimum Gasteiger partial charge on any atom is -0.299 e. The zero-order valence-electron chi connectivity index (χ0n) is 15.1. The second-order valence-corrected chi connectivity index (χ2v) is 8.42. The third kappa shape index (κ3) is 4.02. The van der Waals surface area contributed by atoms with Crippen molar-refractivity contribution in [2.24, 2.45) is 5.92 Å². The Labute approximate surface area is 149 Å². The summed E-state index contributed by atoms with van der Waals surface area (Å²) in [6, 6.07) is 4.73. The van der Waals surface area contributed by atoms with E-state index >= 15 is 0 Å². The van der Waals surface area contributed by atoms with Crippen LogP contribution in [0.2, 0.25) is 0 Å². The van der Waals surface area contributed by atoms with Crippen LogP contribution >= 0.6 is 11.3 Å². The molecule has 24 heavy (non-hydrogen) atoms. The van der Waals surface area contributed by atoms with E-state index in [-0.39, 0.29) is 0 Å². The van der Waals surface area contributed by atoms with E-state index in [0.717, 1.165) is 19.6 Å². The molecular weight excluding hydrogens is 316 g/mol. The summed E-state index contributed by atoms with van der Waals surface area (Å²) in [7, 11) is 4.45. The average molecular weight is 345 g/mol. The summed E-state index contributed by atoms with van der Waals surface area (Å²) in [5, 5.41) is 1.23. The molecule has 0 aromatic carbocycles. The van der Waals surface area contributed by atoms with Crippen LogP contribution in [0.4, 0.5) is 0 Å². The second kappa shape index (κ2) is 7.72. The number of likely N-dealkylation sites (tertiary alicyclic amines) is 1. The van der Waals surface area contributed by atoms with Crippen LogP contribution in [-0.4, -0.2) is 47.0 Å². The van der Waals surface area contributed by atoms with Crippen molar-refractivity contribution in [3.8, 4) is 0 Å². The standard InChI is InChI=1S/C19H28N4S/c1-14(2)17-11-21-18(24-17)13-22(3)12-16-7-9-23(4)19(16)15-6-5-8-20-10-15/h5-6,8,10-11,14,16,19H,7,9,12-13H2,1-4H3/t16-,19-/m0/s1. The lowest BCUT2D eigenvalue weighted by Gasteiger charge is -2.28. The highest BCUT2D eigenvalue weighted by molar-refractivity contribution is 7.11. The molecule has 0 spiro atoms. The van der Waals surface area contributed by atoms with Gasteiger partial charge >= 0.3 is 0 Å². The molecule has 130 valence electrons. The fraction of sp³-hybridized carbons (Fsp3) is 0.579. The zero-order valence-corrected chi connectivity index (χ0v) is 16.0. The van der Waals surface area contributed by atoms with Gasteiger partial charge in [-0.1, -0.05) is 19.9 Å².